The van der Waals surface area contributed by atoms with Gasteiger partial charge in [0.05, 0.1) is 29.3 Å². The number of amides is 1. The van der Waals surface area contributed by atoms with Crippen molar-refractivity contribution < 1.29 is 17.9 Å². The summed E-state index contributed by atoms with van der Waals surface area (Å²) in [6.07, 6.45) is 0. The molecule has 0 bridgehead atoms. The van der Waals surface area contributed by atoms with Crippen LogP contribution < -0.4 is 14.4 Å². The number of nitrogens with zero attached hydrogens (tertiary/aromatic N) is 1. The number of carbonyl (C=O) groups excluding carboxylic acids is 1. The van der Waals surface area contributed by atoms with Crippen molar-refractivity contribution in [1.82, 2.24) is 5.32 Å². The summed E-state index contributed by atoms with van der Waals surface area (Å²) >= 11 is 0. The summed E-state index contributed by atoms with van der Waals surface area (Å²) in [7, 11) is -0.796. The molecule has 0 saturated carbocycles. The van der Waals surface area contributed by atoms with Crippen molar-refractivity contribution in [2.24, 2.45) is 0 Å². The second-order valence-corrected chi connectivity index (χ2v) is 9.21. The Morgan fingerprint density at radius 1 is 0.968 bits per heavy atom. The average molecular weight is 439 g/mol. The lowest BCUT2D eigenvalue weighted by Crippen LogP contribution is -2.32. The zero-order chi connectivity index (χ0) is 22.6. The van der Waals surface area contributed by atoms with E-state index in [1.54, 1.807) is 55.6 Å². The zero-order valence-electron chi connectivity index (χ0n) is 18.0. The van der Waals surface area contributed by atoms with E-state index in [-0.39, 0.29) is 22.4 Å². The van der Waals surface area contributed by atoms with Gasteiger partial charge in [-0.3, -0.25) is 9.10 Å². The minimum Gasteiger partial charge on any atom is -0.496 e. The quantitative estimate of drug-likeness (QED) is 0.596. The number of para-hydroxylation sites is 2. The van der Waals surface area contributed by atoms with Crippen LogP contribution in [0.1, 0.15) is 34.5 Å². The number of hydrogen-bond donors (Lipinski definition) is 1. The third-order valence-electron chi connectivity index (χ3n) is 5.12. The predicted molar refractivity (Wildman–Crippen MR) is 122 cm³/mol. The van der Waals surface area contributed by atoms with Crippen molar-refractivity contribution in [2.45, 2.75) is 24.8 Å². The van der Waals surface area contributed by atoms with E-state index in [0.717, 1.165) is 15.4 Å². The van der Waals surface area contributed by atoms with E-state index in [2.05, 4.69) is 5.32 Å². The fraction of sp³-hybridized carbons (Fsp3) is 0.208. The Labute approximate surface area is 183 Å². The first-order valence-corrected chi connectivity index (χ1v) is 11.3. The van der Waals surface area contributed by atoms with E-state index in [1.165, 1.54) is 7.05 Å². The normalized spacial score (nSPS) is 12.1. The van der Waals surface area contributed by atoms with Crippen LogP contribution in [0, 0.1) is 6.92 Å². The number of hydrogen-bond acceptors (Lipinski definition) is 4. The molecule has 7 heteroatoms. The molecule has 0 saturated heterocycles. The molecule has 0 aliphatic carbocycles. The molecule has 0 radical (unpaired) electrons. The van der Waals surface area contributed by atoms with Gasteiger partial charge in [0.15, 0.2) is 0 Å². The van der Waals surface area contributed by atoms with Crippen molar-refractivity contribution in [1.29, 1.82) is 0 Å². The molecule has 0 aliphatic heterocycles. The number of benzene rings is 3. The number of sulfonamides is 1. The molecule has 3 rings (SSSR count). The van der Waals surface area contributed by atoms with Gasteiger partial charge in [-0.1, -0.05) is 48.0 Å². The van der Waals surface area contributed by atoms with Crippen LogP contribution in [-0.4, -0.2) is 28.5 Å². The standard InChI is InChI=1S/C24H26N2O4S/c1-17-13-15-19(16-14-17)31(28,29)26(3)22-11-7-5-10-21(22)24(27)25-18(2)20-9-6-8-12-23(20)30-4/h5-16,18H,1-4H3,(H,25,27)/t18-/m1/s1. The van der Waals surface area contributed by atoms with Crippen LogP contribution in [0.4, 0.5) is 5.69 Å². The molecule has 31 heavy (non-hydrogen) atoms. The molecule has 0 unspecified atom stereocenters. The molecule has 1 atom stereocenters. The highest BCUT2D eigenvalue weighted by molar-refractivity contribution is 7.92. The van der Waals surface area contributed by atoms with Gasteiger partial charge >= 0.3 is 0 Å². The van der Waals surface area contributed by atoms with Gasteiger partial charge in [-0.05, 0) is 44.2 Å². The molecule has 0 fully saturated rings. The van der Waals surface area contributed by atoms with E-state index in [9.17, 15) is 13.2 Å². The Balaban J connectivity index is 1.90. The van der Waals surface area contributed by atoms with Gasteiger partial charge in [0.25, 0.3) is 15.9 Å². The lowest BCUT2D eigenvalue weighted by Gasteiger charge is -2.23. The Morgan fingerprint density at radius 3 is 2.26 bits per heavy atom. The molecular formula is C24H26N2O4S. The number of rotatable bonds is 7. The second kappa shape index (κ2) is 9.22. The summed E-state index contributed by atoms with van der Waals surface area (Å²) < 4.78 is 32.8. The number of methoxy groups -OCH3 is 1. The molecule has 3 aromatic carbocycles. The van der Waals surface area contributed by atoms with E-state index in [4.69, 9.17) is 4.74 Å². The van der Waals surface area contributed by atoms with Gasteiger partial charge in [-0.25, -0.2) is 8.42 Å². The molecule has 0 aliphatic rings. The number of anilines is 1. The summed E-state index contributed by atoms with van der Waals surface area (Å²) in [5.41, 5.74) is 2.36. The van der Waals surface area contributed by atoms with Crippen LogP contribution in [0.25, 0.3) is 0 Å². The molecule has 0 aromatic heterocycles. The number of carbonyl (C=O) groups is 1. The maximum atomic E-state index is 13.1. The first kappa shape index (κ1) is 22.4. The minimum absolute atomic E-state index is 0.165. The first-order chi connectivity index (χ1) is 14.8. The van der Waals surface area contributed by atoms with Gasteiger partial charge in [0, 0.05) is 12.6 Å². The smallest absolute Gasteiger partial charge is 0.264 e. The molecular weight excluding hydrogens is 412 g/mol. The largest absolute Gasteiger partial charge is 0.496 e. The minimum atomic E-state index is -3.82. The fourth-order valence-electron chi connectivity index (χ4n) is 3.31. The third kappa shape index (κ3) is 4.72. The zero-order valence-corrected chi connectivity index (χ0v) is 18.8. The van der Waals surface area contributed by atoms with Crippen LogP contribution in [0.2, 0.25) is 0 Å². The van der Waals surface area contributed by atoms with E-state index >= 15 is 0 Å². The first-order valence-electron chi connectivity index (χ1n) is 9.84. The summed E-state index contributed by atoms with van der Waals surface area (Å²) in [5.74, 6) is 0.294. The van der Waals surface area contributed by atoms with Gasteiger partial charge in [-0.15, -0.1) is 0 Å². The van der Waals surface area contributed by atoms with Crippen molar-refractivity contribution >= 4 is 21.6 Å². The van der Waals surface area contributed by atoms with Crippen LogP contribution in [0.3, 0.4) is 0 Å². The predicted octanol–water partition coefficient (Wildman–Crippen LogP) is 4.32. The molecule has 1 amide bonds. The molecule has 6 nitrogen and oxygen atoms in total. The van der Waals surface area contributed by atoms with Gasteiger partial charge < -0.3 is 10.1 Å². The molecule has 162 valence electrons. The SMILES string of the molecule is COc1ccccc1[C@@H](C)NC(=O)c1ccccc1N(C)S(=O)(=O)c1ccc(C)cc1. The van der Waals surface area contributed by atoms with Crippen LogP contribution >= 0.6 is 0 Å². The second-order valence-electron chi connectivity index (χ2n) is 7.24. The van der Waals surface area contributed by atoms with Crippen molar-refractivity contribution in [3.63, 3.8) is 0 Å². The lowest BCUT2D eigenvalue weighted by atomic mass is 10.1. The number of nitrogens with one attached hydrogen (secondary N) is 1. The maximum Gasteiger partial charge on any atom is 0.264 e. The van der Waals surface area contributed by atoms with Crippen molar-refractivity contribution in [3.05, 3.63) is 89.5 Å². The Bertz CT molecular complexity index is 1170. The Hall–Kier alpha value is -3.32. The van der Waals surface area contributed by atoms with Crippen molar-refractivity contribution in [2.75, 3.05) is 18.5 Å². The van der Waals surface area contributed by atoms with Gasteiger partial charge in [-0.2, -0.15) is 0 Å². The third-order valence-corrected chi connectivity index (χ3v) is 6.91. The number of ether oxygens (including phenoxy) is 1. The van der Waals surface area contributed by atoms with Crippen molar-refractivity contribution in [3.8, 4) is 5.75 Å². The molecule has 1 N–H and O–H groups in total. The van der Waals surface area contributed by atoms with Gasteiger partial charge in [0.2, 0.25) is 0 Å². The van der Waals surface area contributed by atoms with Crippen LogP contribution in [-0.2, 0) is 10.0 Å². The van der Waals surface area contributed by atoms with Gasteiger partial charge in [0.1, 0.15) is 5.75 Å². The van der Waals surface area contributed by atoms with E-state index in [0.29, 0.717) is 11.4 Å². The molecule has 0 spiro atoms. The maximum absolute atomic E-state index is 13.1. The van der Waals surface area contributed by atoms with E-state index in [1.807, 2.05) is 38.1 Å². The summed E-state index contributed by atoms with van der Waals surface area (Å²) in [6.45, 7) is 3.74. The number of aryl methyl sites for hydroxylation is 1. The highest BCUT2D eigenvalue weighted by Crippen LogP contribution is 2.28. The van der Waals surface area contributed by atoms with E-state index < -0.39 is 10.0 Å². The summed E-state index contributed by atoms with van der Waals surface area (Å²) in [6, 6.07) is 20.4. The monoisotopic (exact) mass is 438 g/mol. The molecule has 3 aromatic rings. The Kier molecular flexibility index (Phi) is 6.65. The fourth-order valence-corrected chi connectivity index (χ4v) is 4.53. The summed E-state index contributed by atoms with van der Waals surface area (Å²) in [4.78, 5) is 13.3. The highest BCUT2D eigenvalue weighted by atomic mass is 32.2. The average Bonchev–Trinajstić information content (AvgIpc) is 2.78. The lowest BCUT2D eigenvalue weighted by molar-refractivity contribution is 0.0940. The highest BCUT2D eigenvalue weighted by Gasteiger charge is 2.25. The Morgan fingerprint density at radius 2 is 1.58 bits per heavy atom. The van der Waals surface area contributed by atoms with Crippen LogP contribution in [0.15, 0.2) is 77.7 Å². The topological polar surface area (TPSA) is 75.7 Å². The van der Waals surface area contributed by atoms with Crippen LogP contribution in [0.5, 0.6) is 5.75 Å². The summed E-state index contributed by atoms with van der Waals surface area (Å²) in [5, 5.41) is 2.94. The molecule has 0 heterocycles.